The van der Waals surface area contributed by atoms with Gasteiger partial charge in [-0.25, -0.2) is 19.6 Å². The van der Waals surface area contributed by atoms with Crippen LogP contribution in [0.2, 0.25) is 0 Å². The molecule has 0 bridgehead atoms. The molecule has 3 heterocycles. The van der Waals surface area contributed by atoms with Crippen molar-refractivity contribution in [2.75, 3.05) is 165 Å². The van der Waals surface area contributed by atoms with E-state index in [0.717, 1.165) is 17.1 Å². The number of nitrogens with two attached hydrogens (primary N) is 1. The van der Waals surface area contributed by atoms with Crippen LogP contribution in [-0.2, 0) is 92.9 Å². The van der Waals surface area contributed by atoms with E-state index in [1.54, 1.807) is 23.8 Å². The molecule has 72 heavy (non-hydrogen) atoms. The third kappa shape index (κ3) is 28.1. The number of carbonyl (C=O) groups is 5. The summed E-state index contributed by atoms with van der Waals surface area (Å²) < 4.78 is 88.3. The highest BCUT2D eigenvalue weighted by atomic mass is 32.2. The molecule has 0 fully saturated rings. The number of aliphatic imine (C=N–C) groups is 1. The number of hydrogen-bond donors (Lipinski definition) is 4. The molecular weight excluding hydrogens is 995 g/mol. The van der Waals surface area contributed by atoms with Gasteiger partial charge in [-0.15, -0.1) is 11.3 Å². The smallest absolute Gasteiger partial charge is 0.421 e. The molecule has 2 aliphatic heterocycles. The van der Waals surface area contributed by atoms with Crippen molar-refractivity contribution in [3.63, 3.8) is 0 Å². The molecule has 0 spiro atoms. The van der Waals surface area contributed by atoms with Crippen LogP contribution in [0.3, 0.4) is 0 Å². The van der Waals surface area contributed by atoms with Crippen molar-refractivity contribution in [3.05, 3.63) is 33.5 Å². The predicted molar refractivity (Wildman–Crippen MR) is 259 cm³/mol. The van der Waals surface area contributed by atoms with Crippen LogP contribution in [0, 0.1) is 0 Å². The Morgan fingerprint density at radius 1 is 0.708 bits per heavy atom. The minimum atomic E-state index is -4.26. The Balaban J connectivity index is 1.01. The summed E-state index contributed by atoms with van der Waals surface area (Å²) in [5.41, 5.74) is 6.97. The van der Waals surface area contributed by atoms with E-state index in [-0.39, 0.29) is 70.8 Å². The molecule has 408 valence electrons. The fourth-order valence-electron chi connectivity index (χ4n) is 5.87. The maximum Gasteiger partial charge on any atom is 0.421 e. The molecule has 26 nitrogen and oxygen atoms in total. The van der Waals surface area contributed by atoms with Crippen LogP contribution in [0.25, 0.3) is 6.08 Å². The van der Waals surface area contributed by atoms with Gasteiger partial charge in [0.25, 0.3) is 17.7 Å². The number of fused-ring (bicyclic) bond motifs is 1. The van der Waals surface area contributed by atoms with Crippen molar-refractivity contribution >= 4 is 68.9 Å². The fraction of sp³-hybridized carbons (Fsp3) is 0.682. The zero-order chi connectivity index (χ0) is 52.1. The number of hydrogen-bond acceptors (Lipinski definition) is 22. The molecule has 0 saturated heterocycles. The molecule has 0 radical (unpaired) electrons. The second-order valence-electron chi connectivity index (χ2n) is 14.9. The quantitative estimate of drug-likeness (QED) is 0.0379. The molecule has 5 amide bonds. The number of nitrogens with one attached hydrogen (secondary N) is 3. The molecule has 0 unspecified atom stereocenters. The predicted octanol–water partition coefficient (Wildman–Crippen LogP) is -0.0182. The Bertz CT molecular complexity index is 1950. The van der Waals surface area contributed by atoms with Gasteiger partial charge in [0.2, 0.25) is 5.91 Å². The molecule has 3 rings (SSSR count). The summed E-state index contributed by atoms with van der Waals surface area (Å²) in [4.78, 5) is 71.9. The van der Waals surface area contributed by atoms with Crippen molar-refractivity contribution in [1.82, 2.24) is 24.7 Å². The average molecular weight is 1070 g/mol. The molecule has 1 aromatic heterocycles. The molecular formula is C44H71N7O19S2. The van der Waals surface area contributed by atoms with Gasteiger partial charge in [-0.3, -0.25) is 28.9 Å². The first-order chi connectivity index (χ1) is 34.9. The Kier molecular flexibility index (Phi) is 32.7. The van der Waals surface area contributed by atoms with Crippen LogP contribution in [0.4, 0.5) is 10.5 Å². The highest BCUT2D eigenvalue weighted by molar-refractivity contribution is 7.88. The standard InChI is InChI=1S/C44H71N7O19S2/c1-3-8-51(70-4-2)43(55)35-30-38-37(48-39(45)31-35)32-36(71-38)33-47-72(57,58)49-44(56)69-29-28-68-27-26-67-25-24-66-23-22-65-21-20-64-19-18-63-17-16-62-15-14-61-13-12-60-11-10-59-9-7-46-40(52)34-50-41(53)5-6-42(50)54/h5-6,30,32,47H,3-4,7-29,31,33-34H2,1-2H3,(H2,45,48)(H,46,52)(H,49,56). The van der Waals surface area contributed by atoms with Crippen molar-refractivity contribution in [2.45, 2.75) is 33.2 Å². The van der Waals surface area contributed by atoms with Crippen LogP contribution in [-0.4, -0.2) is 219 Å². The van der Waals surface area contributed by atoms with Crippen LogP contribution >= 0.6 is 11.3 Å². The Labute approximate surface area is 424 Å². The van der Waals surface area contributed by atoms with Crippen LogP contribution in [0.15, 0.2) is 28.8 Å². The number of thiophene rings is 1. The van der Waals surface area contributed by atoms with Crippen molar-refractivity contribution in [3.8, 4) is 0 Å². The lowest BCUT2D eigenvalue weighted by Crippen LogP contribution is -2.41. The topological polar surface area (TPSA) is 311 Å². The summed E-state index contributed by atoms with van der Waals surface area (Å²) in [5, 5.41) is 3.88. The summed E-state index contributed by atoms with van der Waals surface area (Å²) in [5.74, 6) is -1.54. The van der Waals surface area contributed by atoms with E-state index in [9.17, 15) is 32.4 Å². The molecule has 2 aliphatic rings. The van der Waals surface area contributed by atoms with Gasteiger partial charge < -0.3 is 63.2 Å². The summed E-state index contributed by atoms with van der Waals surface area (Å²) in [6.07, 6.45) is 3.60. The molecule has 0 aliphatic carbocycles. The highest BCUT2D eigenvalue weighted by Crippen LogP contribution is 2.35. The maximum absolute atomic E-state index is 13.1. The number of hydroxylamine groups is 2. The molecule has 28 heteroatoms. The van der Waals surface area contributed by atoms with E-state index in [2.05, 4.69) is 15.0 Å². The number of nitrogens with zero attached hydrogens (tertiary/aromatic N) is 3. The zero-order valence-electron chi connectivity index (χ0n) is 41.1. The fourth-order valence-corrected chi connectivity index (χ4v) is 7.66. The van der Waals surface area contributed by atoms with Crippen molar-refractivity contribution < 1.29 is 89.3 Å². The van der Waals surface area contributed by atoms with Gasteiger partial charge in [-0.1, -0.05) is 6.92 Å². The number of amidine groups is 1. The molecule has 0 saturated carbocycles. The highest BCUT2D eigenvalue weighted by Gasteiger charge is 2.26. The Morgan fingerprint density at radius 3 is 1.62 bits per heavy atom. The number of carbonyl (C=O) groups excluding carboxylic acids is 5. The number of imide groups is 1. The minimum absolute atomic E-state index is 0.0241. The maximum atomic E-state index is 13.1. The Hall–Kier alpha value is -4.53. The van der Waals surface area contributed by atoms with Crippen LogP contribution in [0.5, 0.6) is 0 Å². The molecule has 1 aromatic rings. The van der Waals surface area contributed by atoms with E-state index in [4.69, 9.17) is 62.7 Å². The van der Waals surface area contributed by atoms with E-state index in [1.807, 2.05) is 6.92 Å². The first-order valence-electron chi connectivity index (χ1n) is 23.5. The Morgan fingerprint density at radius 2 is 1.17 bits per heavy atom. The van der Waals surface area contributed by atoms with Gasteiger partial charge in [-0.2, -0.15) is 13.1 Å². The van der Waals surface area contributed by atoms with Gasteiger partial charge in [-0.05, 0) is 25.5 Å². The first kappa shape index (κ1) is 61.8. The third-order valence-corrected chi connectivity index (χ3v) is 11.2. The van der Waals surface area contributed by atoms with Gasteiger partial charge in [0.15, 0.2) is 0 Å². The summed E-state index contributed by atoms with van der Waals surface area (Å²) >= 11 is 1.23. The van der Waals surface area contributed by atoms with Crippen molar-refractivity contribution in [2.24, 2.45) is 10.7 Å². The monoisotopic (exact) mass is 1070 g/mol. The van der Waals surface area contributed by atoms with Gasteiger partial charge in [0.05, 0.1) is 149 Å². The SMILES string of the molecule is CCCN(OCC)C(=O)C1=Cc2sc(CNS(=O)(=O)NC(=O)OCCOCCOCCOCCOCCOCCOCCOCCOCCOCCOCCNC(=O)CN3C(=O)C=CC3=O)cc2N=C(N)C1. The van der Waals surface area contributed by atoms with E-state index in [0.29, 0.717) is 146 Å². The van der Waals surface area contributed by atoms with E-state index >= 15 is 0 Å². The normalized spacial score (nSPS) is 13.5. The van der Waals surface area contributed by atoms with Gasteiger partial charge in [0.1, 0.15) is 19.0 Å². The molecule has 0 aromatic carbocycles. The minimum Gasteiger partial charge on any atom is -0.446 e. The van der Waals surface area contributed by atoms with E-state index in [1.165, 1.54) is 16.4 Å². The largest absolute Gasteiger partial charge is 0.446 e. The van der Waals surface area contributed by atoms with Crippen LogP contribution < -0.4 is 20.5 Å². The lowest BCUT2D eigenvalue weighted by molar-refractivity contribution is -0.180. The zero-order valence-corrected chi connectivity index (χ0v) is 42.7. The molecule has 0 atom stereocenters. The lowest BCUT2D eigenvalue weighted by Gasteiger charge is -2.21. The first-order valence-corrected chi connectivity index (χ1v) is 25.8. The van der Waals surface area contributed by atoms with E-state index < -0.39 is 34.0 Å². The van der Waals surface area contributed by atoms with Gasteiger partial charge >= 0.3 is 16.3 Å². The number of ether oxygens (including phenoxy) is 11. The third-order valence-electron chi connectivity index (χ3n) is 9.18. The van der Waals surface area contributed by atoms with Gasteiger partial charge in [0, 0.05) is 48.7 Å². The molecule has 5 N–H and O–H groups in total. The number of rotatable bonds is 44. The van der Waals surface area contributed by atoms with Crippen molar-refractivity contribution in [1.29, 1.82) is 0 Å². The summed E-state index contributed by atoms with van der Waals surface area (Å²) in [7, 11) is -4.26. The summed E-state index contributed by atoms with van der Waals surface area (Å²) in [6, 6.07) is 1.66. The second-order valence-corrected chi connectivity index (χ2v) is 17.5. The average Bonchev–Trinajstić information content (AvgIpc) is 3.83. The lowest BCUT2D eigenvalue weighted by atomic mass is 10.1. The van der Waals surface area contributed by atoms with Crippen LogP contribution in [0.1, 0.15) is 36.4 Å². The second kappa shape index (κ2) is 38.1. The summed E-state index contributed by atoms with van der Waals surface area (Å²) in [6.45, 7) is 11.2. The number of amides is 5.